The Morgan fingerprint density at radius 1 is 1.16 bits per heavy atom. The highest BCUT2D eigenvalue weighted by atomic mass is 35.5. The van der Waals surface area contributed by atoms with Crippen molar-refractivity contribution in [2.75, 3.05) is 25.0 Å². The van der Waals surface area contributed by atoms with Crippen molar-refractivity contribution in [2.24, 2.45) is 5.92 Å². The largest absolute Gasteiger partial charge is 0.492 e. The zero-order valence-corrected chi connectivity index (χ0v) is 18.1. The molecule has 31 heavy (non-hydrogen) atoms. The van der Waals surface area contributed by atoms with Gasteiger partial charge in [0.1, 0.15) is 5.75 Å². The lowest BCUT2D eigenvalue weighted by molar-refractivity contribution is -0.120. The second-order valence-electron chi connectivity index (χ2n) is 6.92. The van der Waals surface area contributed by atoms with Crippen LogP contribution < -0.4 is 10.1 Å². The van der Waals surface area contributed by atoms with Crippen LogP contribution in [-0.4, -0.2) is 38.3 Å². The van der Waals surface area contributed by atoms with E-state index in [2.05, 4.69) is 5.32 Å². The molecule has 1 aliphatic rings. The Hall–Kier alpha value is -2.30. The molecule has 11 heteroatoms. The van der Waals surface area contributed by atoms with Gasteiger partial charge in [0.05, 0.1) is 22.2 Å². The first kappa shape index (κ1) is 23.4. The number of nitrogens with zero attached hydrogens (tertiary/aromatic N) is 1. The summed E-state index contributed by atoms with van der Waals surface area (Å²) in [4.78, 5) is 12.4. The third-order valence-corrected chi connectivity index (χ3v) is 7.15. The molecule has 0 atom stereocenters. The molecule has 0 bridgehead atoms. The molecule has 168 valence electrons. The molecule has 1 heterocycles. The van der Waals surface area contributed by atoms with Crippen molar-refractivity contribution in [1.82, 2.24) is 4.31 Å². The van der Waals surface area contributed by atoms with Gasteiger partial charge in [-0.1, -0.05) is 11.6 Å². The Morgan fingerprint density at radius 3 is 2.45 bits per heavy atom. The fraction of sp³-hybridized carbons (Fsp3) is 0.350. The zero-order valence-electron chi connectivity index (χ0n) is 16.5. The zero-order chi connectivity index (χ0) is 22.8. The molecule has 1 N–H and O–H groups in total. The Balaban J connectivity index is 1.65. The van der Waals surface area contributed by atoms with Gasteiger partial charge in [-0.3, -0.25) is 4.79 Å². The molecule has 6 nitrogen and oxygen atoms in total. The smallest absolute Gasteiger partial charge is 0.243 e. The highest BCUT2D eigenvalue weighted by molar-refractivity contribution is 7.89. The summed E-state index contributed by atoms with van der Waals surface area (Å²) in [5.74, 6) is -5.34. The summed E-state index contributed by atoms with van der Waals surface area (Å²) in [7, 11) is -3.83. The number of benzene rings is 2. The third kappa shape index (κ3) is 4.97. The summed E-state index contributed by atoms with van der Waals surface area (Å²) in [5.41, 5.74) is -0.469. The summed E-state index contributed by atoms with van der Waals surface area (Å²) in [5, 5.41) is 2.41. The summed E-state index contributed by atoms with van der Waals surface area (Å²) < 4.78 is 72.4. The molecular formula is C20H20ClF3N2O4S. The van der Waals surface area contributed by atoms with E-state index in [0.717, 1.165) is 6.07 Å². The van der Waals surface area contributed by atoms with Gasteiger partial charge in [0, 0.05) is 19.0 Å². The normalized spacial score (nSPS) is 15.6. The number of sulfonamides is 1. The second-order valence-corrected chi connectivity index (χ2v) is 9.26. The van der Waals surface area contributed by atoms with Crippen LogP contribution in [0.2, 0.25) is 5.02 Å². The van der Waals surface area contributed by atoms with Gasteiger partial charge in [-0.25, -0.2) is 21.6 Å². The van der Waals surface area contributed by atoms with Gasteiger partial charge < -0.3 is 10.1 Å². The average Bonchev–Trinajstić information content (AvgIpc) is 2.75. The lowest BCUT2D eigenvalue weighted by Gasteiger charge is -2.30. The molecule has 0 spiro atoms. The molecule has 1 aliphatic heterocycles. The maximum Gasteiger partial charge on any atom is 0.243 e. The van der Waals surface area contributed by atoms with Gasteiger partial charge in [-0.15, -0.1) is 0 Å². The topological polar surface area (TPSA) is 75.7 Å². The van der Waals surface area contributed by atoms with Gasteiger partial charge in [0.15, 0.2) is 17.5 Å². The molecule has 0 unspecified atom stereocenters. The molecule has 3 rings (SSSR count). The van der Waals surface area contributed by atoms with Crippen molar-refractivity contribution in [3.8, 4) is 5.75 Å². The van der Waals surface area contributed by atoms with E-state index in [1.807, 2.05) is 0 Å². The van der Waals surface area contributed by atoms with Crippen molar-refractivity contribution in [3.05, 3.63) is 52.8 Å². The highest BCUT2D eigenvalue weighted by Gasteiger charge is 2.33. The SMILES string of the molecule is CCOc1ccc(S(=O)(=O)N2CCC(C(=O)Nc3ccc(F)c(F)c3F)CC2)cc1Cl. The number of rotatable bonds is 6. The number of hydrogen-bond donors (Lipinski definition) is 1. The first-order valence-electron chi connectivity index (χ1n) is 9.52. The predicted molar refractivity (Wildman–Crippen MR) is 109 cm³/mol. The Kier molecular flexibility index (Phi) is 7.13. The average molecular weight is 477 g/mol. The van der Waals surface area contributed by atoms with Crippen molar-refractivity contribution < 1.29 is 31.1 Å². The summed E-state index contributed by atoms with van der Waals surface area (Å²) in [6, 6.07) is 5.84. The maximum absolute atomic E-state index is 13.8. The van der Waals surface area contributed by atoms with E-state index >= 15 is 0 Å². The van der Waals surface area contributed by atoms with E-state index < -0.39 is 45.0 Å². The summed E-state index contributed by atoms with van der Waals surface area (Å²) in [6.45, 7) is 2.29. The monoisotopic (exact) mass is 476 g/mol. The van der Waals surface area contributed by atoms with Crippen LogP contribution in [0.5, 0.6) is 5.75 Å². The molecule has 1 saturated heterocycles. The highest BCUT2D eigenvalue weighted by Crippen LogP contribution is 2.31. The van der Waals surface area contributed by atoms with Crippen molar-refractivity contribution in [3.63, 3.8) is 0 Å². The van der Waals surface area contributed by atoms with E-state index in [1.165, 1.54) is 22.5 Å². The molecule has 0 radical (unpaired) electrons. The number of amides is 1. The van der Waals surface area contributed by atoms with Gasteiger partial charge >= 0.3 is 0 Å². The van der Waals surface area contributed by atoms with Crippen LogP contribution in [-0.2, 0) is 14.8 Å². The van der Waals surface area contributed by atoms with Crippen molar-refractivity contribution in [2.45, 2.75) is 24.7 Å². The second kappa shape index (κ2) is 9.46. The van der Waals surface area contributed by atoms with Crippen LogP contribution in [0.15, 0.2) is 35.2 Å². The Labute approximate surface area is 183 Å². The van der Waals surface area contributed by atoms with Crippen LogP contribution >= 0.6 is 11.6 Å². The lowest BCUT2D eigenvalue weighted by atomic mass is 9.97. The van der Waals surface area contributed by atoms with E-state index in [9.17, 15) is 26.4 Å². The van der Waals surface area contributed by atoms with Crippen molar-refractivity contribution in [1.29, 1.82) is 0 Å². The van der Waals surface area contributed by atoms with E-state index in [1.54, 1.807) is 6.92 Å². The number of ether oxygens (including phenoxy) is 1. The molecule has 0 aromatic heterocycles. The number of halogens is 4. The summed E-state index contributed by atoms with van der Waals surface area (Å²) >= 11 is 6.09. The van der Waals surface area contributed by atoms with Crippen LogP contribution in [0, 0.1) is 23.4 Å². The first-order valence-corrected chi connectivity index (χ1v) is 11.3. The first-order chi connectivity index (χ1) is 14.6. The molecule has 1 fully saturated rings. The number of nitrogens with one attached hydrogen (secondary N) is 1. The number of piperidine rings is 1. The molecule has 0 saturated carbocycles. The van der Waals surface area contributed by atoms with Crippen LogP contribution in [0.3, 0.4) is 0 Å². The lowest BCUT2D eigenvalue weighted by Crippen LogP contribution is -2.41. The number of anilines is 1. The summed E-state index contributed by atoms with van der Waals surface area (Å²) in [6.07, 6.45) is 0.363. The minimum absolute atomic E-state index is 0.00714. The minimum atomic E-state index is -3.83. The van der Waals surface area contributed by atoms with E-state index in [0.29, 0.717) is 18.4 Å². The fourth-order valence-electron chi connectivity index (χ4n) is 3.28. The molecule has 1 amide bonds. The van der Waals surface area contributed by atoms with Gasteiger partial charge in [-0.2, -0.15) is 4.31 Å². The fourth-order valence-corrected chi connectivity index (χ4v) is 5.08. The van der Waals surface area contributed by atoms with Crippen LogP contribution in [0.4, 0.5) is 18.9 Å². The molecular weight excluding hydrogens is 457 g/mol. The van der Waals surface area contributed by atoms with E-state index in [-0.39, 0.29) is 35.8 Å². The van der Waals surface area contributed by atoms with Gasteiger partial charge in [-0.05, 0) is 50.1 Å². The molecule has 2 aromatic rings. The predicted octanol–water partition coefficient (Wildman–Crippen LogP) is 4.20. The number of carbonyl (C=O) groups is 1. The van der Waals surface area contributed by atoms with E-state index in [4.69, 9.17) is 16.3 Å². The maximum atomic E-state index is 13.8. The van der Waals surface area contributed by atoms with Crippen molar-refractivity contribution >= 4 is 33.2 Å². The third-order valence-electron chi connectivity index (χ3n) is 4.96. The minimum Gasteiger partial charge on any atom is -0.492 e. The Morgan fingerprint density at radius 2 is 1.84 bits per heavy atom. The quantitative estimate of drug-likeness (QED) is 0.634. The van der Waals surface area contributed by atoms with Gasteiger partial charge in [0.25, 0.3) is 0 Å². The number of carbonyl (C=O) groups excluding carboxylic acids is 1. The van der Waals surface area contributed by atoms with Gasteiger partial charge in [0.2, 0.25) is 15.9 Å². The Bertz CT molecular complexity index is 1090. The molecule has 2 aromatic carbocycles. The van der Waals surface area contributed by atoms with Crippen LogP contribution in [0.1, 0.15) is 19.8 Å². The van der Waals surface area contributed by atoms with Crippen LogP contribution in [0.25, 0.3) is 0 Å². The standard InChI is InChI=1S/C20H20ClF3N2O4S/c1-2-30-17-6-3-13(11-14(17)21)31(28,29)26-9-7-12(8-10-26)20(27)25-16-5-4-15(22)18(23)19(16)24/h3-6,11-12H,2,7-10H2,1H3,(H,25,27). The number of hydrogen-bond acceptors (Lipinski definition) is 4. The molecule has 0 aliphatic carbocycles.